The third-order valence-corrected chi connectivity index (χ3v) is 3.47. The zero-order valence-corrected chi connectivity index (χ0v) is 12.9. The number of hydrogen-bond donors (Lipinski definition) is 1. The molecule has 0 radical (unpaired) electrons. The average molecular weight is 272 g/mol. The van der Waals surface area contributed by atoms with Gasteiger partial charge in [-0.25, -0.2) is 0 Å². The molecule has 108 valence electrons. The van der Waals surface area contributed by atoms with Crippen molar-refractivity contribution in [3.63, 3.8) is 0 Å². The summed E-state index contributed by atoms with van der Waals surface area (Å²) in [5.74, 6) is 0.525. The lowest BCUT2D eigenvalue weighted by molar-refractivity contribution is 0.535. The Balaban J connectivity index is 2.55. The first-order valence-corrected chi connectivity index (χ1v) is 7.41. The molecule has 2 aromatic rings. The first-order valence-electron chi connectivity index (χ1n) is 7.41. The molecule has 0 fully saturated rings. The molecule has 0 saturated heterocycles. The van der Waals surface area contributed by atoms with E-state index in [1.54, 1.807) is 0 Å². The fourth-order valence-electron chi connectivity index (χ4n) is 2.54. The lowest BCUT2D eigenvalue weighted by Crippen LogP contribution is -2.08. The van der Waals surface area contributed by atoms with Gasteiger partial charge in [0.2, 0.25) is 0 Å². The van der Waals surface area contributed by atoms with Gasteiger partial charge in [-0.2, -0.15) is 0 Å². The van der Waals surface area contributed by atoms with Gasteiger partial charge < -0.3 is 0 Å². The topological polar surface area (TPSA) is 37.8 Å². The minimum absolute atomic E-state index is 0.0259. The van der Waals surface area contributed by atoms with Crippen LogP contribution < -0.4 is 5.56 Å². The molecule has 0 saturated carbocycles. The van der Waals surface area contributed by atoms with Crippen LogP contribution >= 0.6 is 0 Å². The van der Waals surface area contributed by atoms with Crippen LogP contribution in [0, 0.1) is 12.8 Å². The van der Waals surface area contributed by atoms with Crippen molar-refractivity contribution >= 4 is 0 Å². The fourth-order valence-corrected chi connectivity index (χ4v) is 2.54. The molecule has 3 heteroatoms. The van der Waals surface area contributed by atoms with E-state index < -0.39 is 0 Å². The SMILES string of the molecule is CCCn1[nH]c(=O)c(-c2ccc(C)cc2)c1CC(C)C. The molecule has 1 aromatic carbocycles. The monoisotopic (exact) mass is 272 g/mol. The van der Waals surface area contributed by atoms with Gasteiger partial charge >= 0.3 is 0 Å². The molecule has 20 heavy (non-hydrogen) atoms. The average Bonchev–Trinajstić information content (AvgIpc) is 2.67. The van der Waals surface area contributed by atoms with Crippen LogP contribution in [0.4, 0.5) is 0 Å². The predicted molar refractivity (Wildman–Crippen MR) is 84.1 cm³/mol. The third-order valence-electron chi connectivity index (χ3n) is 3.47. The molecule has 0 spiro atoms. The normalized spacial score (nSPS) is 11.2. The Labute approximate surface area is 120 Å². The van der Waals surface area contributed by atoms with Crippen LogP contribution in [0.15, 0.2) is 29.1 Å². The molecule has 0 aliphatic carbocycles. The summed E-state index contributed by atoms with van der Waals surface area (Å²) in [6.07, 6.45) is 1.94. The summed E-state index contributed by atoms with van der Waals surface area (Å²) < 4.78 is 2.03. The Morgan fingerprint density at radius 1 is 1.20 bits per heavy atom. The molecule has 0 aliphatic heterocycles. The molecule has 0 amide bonds. The van der Waals surface area contributed by atoms with Crippen LogP contribution in [0.25, 0.3) is 11.1 Å². The van der Waals surface area contributed by atoms with Crippen molar-refractivity contribution in [2.24, 2.45) is 5.92 Å². The molecule has 1 heterocycles. The van der Waals surface area contributed by atoms with Crippen molar-refractivity contribution in [1.29, 1.82) is 0 Å². The third kappa shape index (κ3) is 3.03. The maximum Gasteiger partial charge on any atom is 0.272 e. The number of aromatic amines is 1. The van der Waals surface area contributed by atoms with E-state index in [1.807, 2.05) is 16.8 Å². The van der Waals surface area contributed by atoms with E-state index in [2.05, 4.69) is 44.9 Å². The second kappa shape index (κ2) is 6.12. The largest absolute Gasteiger partial charge is 0.289 e. The van der Waals surface area contributed by atoms with E-state index in [4.69, 9.17) is 0 Å². The van der Waals surface area contributed by atoms with Crippen molar-refractivity contribution in [1.82, 2.24) is 9.78 Å². The predicted octanol–water partition coefficient (Wildman–Crippen LogP) is 3.76. The van der Waals surface area contributed by atoms with Gasteiger partial charge in [-0.05, 0) is 31.2 Å². The Morgan fingerprint density at radius 3 is 2.40 bits per heavy atom. The summed E-state index contributed by atoms with van der Waals surface area (Å²) in [7, 11) is 0. The summed E-state index contributed by atoms with van der Waals surface area (Å²) >= 11 is 0. The highest BCUT2D eigenvalue weighted by atomic mass is 16.1. The number of aromatic nitrogens is 2. The standard InChI is InChI=1S/C17H24N2O/c1-5-10-19-15(11-12(2)3)16(17(20)18-19)14-8-6-13(4)7-9-14/h6-9,12H,5,10-11H2,1-4H3,(H,18,20). The maximum atomic E-state index is 12.3. The fraction of sp³-hybridized carbons (Fsp3) is 0.471. The quantitative estimate of drug-likeness (QED) is 0.884. The number of nitrogens with zero attached hydrogens (tertiary/aromatic N) is 1. The van der Waals surface area contributed by atoms with E-state index in [1.165, 1.54) is 5.56 Å². The van der Waals surface area contributed by atoms with Gasteiger partial charge in [0.1, 0.15) is 0 Å². The van der Waals surface area contributed by atoms with E-state index >= 15 is 0 Å². The maximum absolute atomic E-state index is 12.3. The zero-order chi connectivity index (χ0) is 14.7. The first-order chi connectivity index (χ1) is 9.52. The van der Waals surface area contributed by atoms with Gasteiger partial charge in [0.25, 0.3) is 5.56 Å². The smallest absolute Gasteiger partial charge is 0.272 e. The molecular weight excluding hydrogens is 248 g/mol. The number of benzene rings is 1. The molecule has 0 atom stereocenters. The van der Waals surface area contributed by atoms with Crippen molar-refractivity contribution in [3.8, 4) is 11.1 Å². The van der Waals surface area contributed by atoms with Gasteiger partial charge in [-0.15, -0.1) is 0 Å². The number of rotatable bonds is 5. The lowest BCUT2D eigenvalue weighted by Gasteiger charge is -2.11. The van der Waals surface area contributed by atoms with E-state index in [0.29, 0.717) is 5.92 Å². The highest BCUT2D eigenvalue weighted by Crippen LogP contribution is 2.23. The summed E-state index contributed by atoms with van der Waals surface area (Å²) in [6, 6.07) is 8.20. The Morgan fingerprint density at radius 2 is 1.85 bits per heavy atom. The number of nitrogens with one attached hydrogen (secondary N) is 1. The summed E-state index contributed by atoms with van der Waals surface area (Å²) in [5.41, 5.74) is 4.23. The summed E-state index contributed by atoms with van der Waals surface area (Å²) in [6.45, 7) is 9.43. The summed E-state index contributed by atoms with van der Waals surface area (Å²) in [5, 5.41) is 2.99. The number of hydrogen-bond acceptors (Lipinski definition) is 1. The molecule has 0 unspecified atom stereocenters. The van der Waals surface area contributed by atoms with Gasteiger partial charge in [0, 0.05) is 12.2 Å². The minimum Gasteiger partial charge on any atom is -0.289 e. The number of H-pyrrole nitrogens is 1. The highest BCUT2D eigenvalue weighted by Gasteiger charge is 2.17. The number of aryl methyl sites for hydroxylation is 2. The molecule has 2 rings (SSSR count). The van der Waals surface area contributed by atoms with Crippen LogP contribution in [0.5, 0.6) is 0 Å². The van der Waals surface area contributed by atoms with Gasteiger partial charge in [0.15, 0.2) is 0 Å². The zero-order valence-electron chi connectivity index (χ0n) is 12.9. The molecule has 1 aromatic heterocycles. The van der Waals surface area contributed by atoms with Crippen LogP contribution in [-0.2, 0) is 13.0 Å². The van der Waals surface area contributed by atoms with Crippen LogP contribution in [0.1, 0.15) is 38.4 Å². The molecule has 3 nitrogen and oxygen atoms in total. The first kappa shape index (κ1) is 14.6. The van der Waals surface area contributed by atoms with Crippen LogP contribution in [-0.4, -0.2) is 9.78 Å². The van der Waals surface area contributed by atoms with Crippen molar-refractivity contribution < 1.29 is 0 Å². The van der Waals surface area contributed by atoms with Crippen molar-refractivity contribution in [3.05, 3.63) is 45.9 Å². The van der Waals surface area contributed by atoms with E-state index in [-0.39, 0.29) is 5.56 Å². The second-order valence-corrected chi connectivity index (χ2v) is 5.88. The van der Waals surface area contributed by atoms with Crippen LogP contribution in [0.2, 0.25) is 0 Å². The van der Waals surface area contributed by atoms with Crippen LogP contribution in [0.3, 0.4) is 0 Å². The highest BCUT2D eigenvalue weighted by molar-refractivity contribution is 5.65. The van der Waals surface area contributed by atoms with E-state index in [9.17, 15) is 4.79 Å². The van der Waals surface area contributed by atoms with Gasteiger partial charge in [-0.1, -0.05) is 50.6 Å². The van der Waals surface area contributed by atoms with Gasteiger partial charge in [0.05, 0.1) is 5.56 Å². The molecule has 1 N–H and O–H groups in total. The Kier molecular flexibility index (Phi) is 4.48. The second-order valence-electron chi connectivity index (χ2n) is 5.88. The van der Waals surface area contributed by atoms with E-state index in [0.717, 1.165) is 36.2 Å². The molecule has 0 aliphatic rings. The van der Waals surface area contributed by atoms with Crippen molar-refractivity contribution in [2.45, 2.75) is 47.1 Å². The Bertz CT molecular complexity index is 617. The van der Waals surface area contributed by atoms with Crippen molar-refractivity contribution in [2.75, 3.05) is 0 Å². The minimum atomic E-state index is 0.0259. The molecular formula is C17H24N2O. The Hall–Kier alpha value is -1.77. The van der Waals surface area contributed by atoms with Gasteiger partial charge in [-0.3, -0.25) is 14.6 Å². The summed E-state index contributed by atoms with van der Waals surface area (Å²) in [4.78, 5) is 12.3. The lowest BCUT2D eigenvalue weighted by atomic mass is 9.99. The molecule has 0 bridgehead atoms.